The van der Waals surface area contributed by atoms with Gasteiger partial charge in [0.15, 0.2) is 0 Å². The molecule has 0 aliphatic rings. The van der Waals surface area contributed by atoms with Gasteiger partial charge in [-0.25, -0.2) is 13.4 Å². The fourth-order valence-electron chi connectivity index (χ4n) is 2.07. The molecule has 6 nitrogen and oxygen atoms in total. The third-order valence-corrected chi connectivity index (χ3v) is 4.93. The van der Waals surface area contributed by atoms with Crippen molar-refractivity contribution in [1.82, 2.24) is 10.3 Å². The molecule has 0 aliphatic heterocycles. The first-order valence-corrected chi connectivity index (χ1v) is 8.50. The van der Waals surface area contributed by atoms with Gasteiger partial charge in [0.05, 0.1) is 0 Å². The minimum Gasteiger partial charge on any atom is -0.465 e. The smallest absolute Gasteiger partial charge is 0.266 e. The monoisotopic (exact) mass is 373 g/mol. The lowest BCUT2D eigenvalue weighted by molar-refractivity contribution is 0.494. The van der Waals surface area contributed by atoms with E-state index in [1.807, 2.05) is 0 Å². The average molecular weight is 374 g/mol. The number of halogens is 1. The Labute approximate surface area is 132 Å². The van der Waals surface area contributed by atoms with Crippen LogP contribution in [0.5, 0.6) is 0 Å². The van der Waals surface area contributed by atoms with Crippen LogP contribution in [0, 0.1) is 13.8 Å². The van der Waals surface area contributed by atoms with Crippen molar-refractivity contribution in [3.05, 3.63) is 39.9 Å². The number of aromatic nitrogens is 1. The number of hydrogen-bond acceptors (Lipinski definition) is 5. The van der Waals surface area contributed by atoms with Crippen molar-refractivity contribution < 1.29 is 12.8 Å². The van der Waals surface area contributed by atoms with Crippen LogP contribution in [0.25, 0.3) is 0 Å². The zero-order valence-electron chi connectivity index (χ0n) is 11.9. The third-order valence-electron chi connectivity index (χ3n) is 2.91. The second-order valence-corrected chi connectivity index (χ2v) is 7.05. The van der Waals surface area contributed by atoms with Gasteiger partial charge in [0.1, 0.15) is 22.2 Å². The van der Waals surface area contributed by atoms with Crippen molar-refractivity contribution in [1.29, 1.82) is 0 Å². The molecule has 0 atom stereocenters. The minimum atomic E-state index is -3.75. The Morgan fingerprint density at radius 1 is 1.29 bits per heavy atom. The van der Waals surface area contributed by atoms with E-state index in [1.54, 1.807) is 33.0 Å². The molecule has 2 aromatic heterocycles. The van der Waals surface area contributed by atoms with Crippen molar-refractivity contribution in [2.45, 2.75) is 25.3 Å². The molecule has 2 aromatic rings. The van der Waals surface area contributed by atoms with E-state index >= 15 is 0 Å². The molecule has 0 spiro atoms. The number of hydrogen-bond donors (Lipinski definition) is 2. The summed E-state index contributed by atoms with van der Waals surface area (Å²) in [6, 6.07) is 3.30. The molecule has 0 saturated heterocycles. The molecule has 8 heteroatoms. The van der Waals surface area contributed by atoms with E-state index in [2.05, 4.69) is 31.0 Å². The maximum absolute atomic E-state index is 12.6. The summed E-state index contributed by atoms with van der Waals surface area (Å²) in [6.07, 6.45) is 1.53. The molecule has 2 N–H and O–H groups in total. The topological polar surface area (TPSA) is 84.2 Å². The fraction of sp³-hybridized carbons (Fsp3) is 0.308. The average Bonchev–Trinajstić information content (AvgIpc) is 2.68. The molecular weight excluding hydrogens is 358 g/mol. The number of nitrogens with zero attached hydrogens (tertiary/aromatic N) is 1. The van der Waals surface area contributed by atoms with Crippen molar-refractivity contribution in [2.75, 3.05) is 11.8 Å². The molecule has 0 radical (unpaired) electrons. The van der Waals surface area contributed by atoms with E-state index < -0.39 is 10.0 Å². The molecule has 2 rings (SSSR count). The van der Waals surface area contributed by atoms with Crippen LogP contribution in [0.3, 0.4) is 0 Å². The van der Waals surface area contributed by atoms with Gasteiger partial charge >= 0.3 is 0 Å². The predicted octanol–water partition coefficient (Wildman–Crippen LogP) is 2.57. The summed E-state index contributed by atoms with van der Waals surface area (Å²) in [5, 5.41) is 2.95. The molecular formula is C13H16BrN3O3S. The molecule has 0 aromatic carbocycles. The maximum Gasteiger partial charge on any atom is 0.266 e. The maximum atomic E-state index is 12.6. The van der Waals surface area contributed by atoms with Crippen LogP contribution in [-0.4, -0.2) is 20.4 Å². The van der Waals surface area contributed by atoms with Gasteiger partial charge in [-0.2, -0.15) is 0 Å². The number of pyridine rings is 1. The van der Waals surface area contributed by atoms with Crippen molar-refractivity contribution in [3.63, 3.8) is 0 Å². The van der Waals surface area contributed by atoms with Gasteiger partial charge < -0.3 is 9.73 Å². The van der Waals surface area contributed by atoms with Gasteiger partial charge in [0, 0.05) is 22.8 Å². The van der Waals surface area contributed by atoms with E-state index in [-0.39, 0.29) is 10.7 Å². The lowest BCUT2D eigenvalue weighted by Crippen LogP contribution is -2.18. The zero-order valence-corrected chi connectivity index (χ0v) is 14.3. The number of aryl methyl sites for hydroxylation is 2. The van der Waals surface area contributed by atoms with Crippen LogP contribution < -0.4 is 10.0 Å². The first kappa shape index (κ1) is 16.0. The number of sulfonamides is 1. The zero-order chi connectivity index (χ0) is 15.6. The van der Waals surface area contributed by atoms with Crippen molar-refractivity contribution in [2.24, 2.45) is 0 Å². The van der Waals surface area contributed by atoms with Gasteiger partial charge in [-0.3, -0.25) is 4.72 Å². The lowest BCUT2D eigenvalue weighted by atomic mass is 10.2. The molecule has 2 heterocycles. The highest BCUT2D eigenvalue weighted by atomic mass is 79.9. The number of furan rings is 1. The van der Waals surface area contributed by atoms with Gasteiger partial charge in [0.2, 0.25) is 0 Å². The van der Waals surface area contributed by atoms with Gasteiger partial charge in [-0.05, 0) is 49.0 Å². The van der Waals surface area contributed by atoms with E-state index in [4.69, 9.17) is 4.42 Å². The summed E-state index contributed by atoms with van der Waals surface area (Å²) in [4.78, 5) is 4.18. The summed E-state index contributed by atoms with van der Waals surface area (Å²) in [5.41, 5.74) is 0.625. The molecule has 0 bridgehead atoms. The summed E-state index contributed by atoms with van der Waals surface area (Å²) >= 11 is 3.25. The SMILES string of the molecule is CNCc1c(C)oc(C)c1S(=O)(=O)Nc1ccc(Br)cn1. The van der Waals surface area contributed by atoms with E-state index in [9.17, 15) is 8.42 Å². The molecule has 0 fully saturated rings. The molecule has 0 aliphatic carbocycles. The van der Waals surface area contributed by atoms with Crippen LogP contribution in [0.1, 0.15) is 17.1 Å². The van der Waals surface area contributed by atoms with Crippen LogP contribution in [0.2, 0.25) is 0 Å². The highest BCUT2D eigenvalue weighted by Crippen LogP contribution is 2.28. The minimum absolute atomic E-state index is 0.166. The molecule has 0 unspecified atom stereocenters. The largest absolute Gasteiger partial charge is 0.465 e. The van der Waals surface area contributed by atoms with Gasteiger partial charge in [-0.15, -0.1) is 0 Å². The standard InChI is InChI=1S/C13H16BrN3O3S/c1-8-11(7-15-3)13(9(2)20-8)21(18,19)17-12-5-4-10(14)6-16-12/h4-6,15H,7H2,1-3H3,(H,16,17). The quantitative estimate of drug-likeness (QED) is 0.841. The second-order valence-electron chi connectivity index (χ2n) is 4.52. The Balaban J connectivity index is 2.42. The molecule has 114 valence electrons. The molecule has 0 saturated carbocycles. The number of nitrogens with one attached hydrogen (secondary N) is 2. The van der Waals surface area contributed by atoms with Crippen LogP contribution in [0.15, 0.2) is 32.1 Å². The van der Waals surface area contributed by atoms with Crippen LogP contribution >= 0.6 is 15.9 Å². The molecule has 21 heavy (non-hydrogen) atoms. The second kappa shape index (κ2) is 6.17. The highest BCUT2D eigenvalue weighted by Gasteiger charge is 2.26. The number of rotatable bonds is 5. The highest BCUT2D eigenvalue weighted by molar-refractivity contribution is 9.10. The van der Waals surface area contributed by atoms with Crippen molar-refractivity contribution >= 4 is 31.8 Å². The summed E-state index contributed by atoms with van der Waals surface area (Å²) in [5.74, 6) is 1.21. The van der Waals surface area contributed by atoms with Gasteiger partial charge in [0.25, 0.3) is 10.0 Å². The summed E-state index contributed by atoms with van der Waals surface area (Å²) < 4.78 is 33.8. The van der Waals surface area contributed by atoms with E-state index in [0.29, 0.717) is 23.6 Å². The molecule has 0 amide bonds. The lowest BCUT2D eigenvalue weighted by Gasteiger charge is -2.09. The predicted molar refractivity (Wildman–Crippen MR) is 83.7 cm³/mol. The first-order valence-electron chi connectivity index (χ1n) is 6.23. The Hall–Kier alpha value is -1.38. The Morgan fingerprint density at radius 2 is 2.00 bits per heavy atom. The third kappa shape index (κ3) is 3.45. The van der Waals surface area contributed by atoms with Crippen molar-refractivity contribution in [3.8, 4) is 0 Å². The Kier molecular flexibility index (Phi) is 4.70. The Bertz CT molecular complexity index is 739. The van der Waals surface area contributed by atoms with Gasteiger partial charge in [-0.1, -0.05) is 0 Å². The van der Waals surface area contributed by atoms with Crippen LogP contribution in [-0.2, 0) is 16.6 Å². The Morgan fingerprint density at radius 3 is 2.57 bits per heavy atom. The summed E-state index contributed by atoms with van der Waals surface area (Å²) in [6.45, 7) is 3.79. The van der Waals surface area contributed by atoms with E-state index in [0.717, 1.165) is 4.47 Å². The first-order chi connectivity index (χ1) is 9.85. The fourth-order valence-corrected chi connectivity index (χ4v) is 3.76. The van der Waals surface area contributed by atoms with Crippen LogP contribution in [0.4, 0.5) is 5.82 Å². The number of anilines is 1. The summed E-state index contributed by atoms with van der Waals surface area (Å²) in [7, 11) is -2.00. The van der Waals surface area contributed by atoms with E-state index in [1.165, 1.54) is 6.20 Å². The normalized spacial score (nSPS) is 11.6.